The monoisotopic (exact) mass is 476 g/mol. The molecule has 2 aromatic carbocycles. The predicted molar refractivity (Wildman–Crippen MR) is 149 cm³/mol. The van der Waals surface area contributed by atoms with Crippen LogP contribution in [-0.2, 0) is 0 Å². The van der Waals surface area contributed by atoms with Gasteiger partial charge in [-0.1, -0.05) is 127 Å². The van der Waals surface area contributed by atoms with E-state index in [0.29, 0.717) is 17.4 Å². The summed E-state index contributed by atoms with van der Waals surface area (Å²) in [6, 6.07) is 14.1. The molecule has 3 N–H and O–H groups in total. The first-order valence-electron chi connectivity index (χ1n) is 13.8. The highest BCUT2D eigenvalue weighted by Gasteiger charge is 2.11. The molecule has 0 saturated heterocycles. The lowest BCUT2D eigenvalue weighted by Gasteiger charge is -2.13. The molecule has 3 rings (SSSR count). The summed E-state index contributed by atoms with van der Waals surface area (Å²) in [6.07, 6.45) is 20.5. The summed E-state index contributed by atoms with van der Waals surface area (Å²) in [7, 11) is 0. The number of hydrogen-bond donors (Lipinski definition) is 2. The third-order valence-electron chi connectivity index (χ3n) is 6.63. The number of benzene rings is 2. The lowest BCUT2D eigenvalue weighted by Crippen LogP contribution is -2.08. The van der Waals surface area contributed by atoms with E-state index in [1.807, 2.05) is 30.3 Å². The van der Waals surface area contributed by atoms with Crippen molar-refractivity contribution in [3.05, 3.63) is 48.8 Å². The molecule has 0 spiro atoms. The minimum Gasteiger partial charge on any atom is -0.436 e. The molecule has 1 heterocycles. The van der Waals surface area contributed by atoms with Crippen molar-refractivity contribution in [2.45, 2.75) is 96.8 Å². The van der Waals surface area contributed by atoms with Crippen molar-refractivity contribution in [2.24, 2.45) is 0 Å². The van der Waals surface area contributed by atoms with Gasteiger partial charge in [-0.15, -0.1) is 0 Å². The van der Waals surface area contributed by atoms with E-state index in [1.54, 1.807) is 0 Å². The number of nitrogens with one attached hydrogen (secondary N) is 1. The summed E-state index contributed by atoms with van der Waals surface area (Å²) in [5.41, 5.74) is 6.77. The van der Waals surface area contributed by atoms with Crippen LogP contribution in [0.15, 0.2) is 48.8 Å². The number of nitrogens with two attached hydrogens (primary N) is 1. The summed E-state index contributed by atoms with van der Waals surface area (Å²) in [5, 5.41) is 5.52. The van der Waals surface area contributed by atoms with Gasteiger partial charge in [0, 0.05) is 11.9 Å². The Kier molecular flexibility index (Phi) is 12.2. The molecule has 0 unspecified atom stereocenters. The first-order valence-corrected chi connectivity index (χ1v) is 13.8. The molecule has 0 radical (unpaired) electrons. The van der Waals surface area contributed by atoms with Crippen LogP contribution in [0, 0.1) is 0 Å². The topological polar surface area (TPSA) is 73.1 Å². The van der Waals surface area contributed by atoms with E-state index in [-0.39, 0.29) is 0 Å². The van der Waals surface area contributed by atoms with E-state index >= 15 is 0 Å². The number of unbranched alkanes of at least 4 members (excludes halogenated alkanes) is 13. The number of nitrogen functional groups attached to an aromatic ring is 1. The van der Waals surface area contributed by atoms with Gasteiger partial charge in [0.25, 0.3) is 0 Å². The van der Waals surface area contributed by atoms with Gasteiger partial charge < -0.3 is 15.8 Å². The van der Waals surface area contributed by atoms with Crippen molar-refractivity contribution in [3.8, 4) is 11.6 Å². The molecule has 35 heavy (non-hydrogen) atoms. The highest BCUT2D eigenvalue weighted by atomic mass is 16.5. The van der Waals surface area contributed by atoms with E-state index in [9.17, 15) is 0 Å². The van der Waals surface area contributed by atoms with Gasteiger partial charge in [-0.2, -0.15) is 4.98 Å². The summed E-state index contributed by atoms with van der Waals surface area (Å²) in [5.74, 6) is 1.77. The molecule has 5 nitrogen and oxygen atoms in total. The van der Waals surface area contributed by atoms with Crippen LogP contribution >= 0.6 is 0 Å². The Bertz CT molecular complexity index is 986. The highest BCUT2D eigenvalue weighted by Crippen LogP contribution is 2.33. The van der Waals surface area contributed by atoms with E-state index in [1.165, 1.54) is 89.8 Å². The molecule has 0 amide bonds. The van der Waals surface area contributed by atoms with Gasteiger partial charge in [0.2, 0.25) is 5.88 Å². The van der Waals surface area contributed by atoms with Crippen LogP contribution in [0.2, 0.25) is 0 Å². The van der Waals surface area contributed by atoms with E-state index in [4.69, 9.17) is 10.5 Å². The number of hydrogen-bond acceptors (Lipinski definition) is 5. The predicted octanol–water partition coefficient (Wildman–Crippen LogP) is 8.90. The number of fused-ring (bicyclic) bond motifs is 1. The van der Waals surface area contributed by atoms with Gasteiger partial charge in [0.15, 0.2) is 5.82 Å². The van der Waals surface area contributed by atoms with E-state index in [0.717, 1.165) is 29.5 Å². The molecule has 0 bridgehead atoms. The van der Waals surface area contributed by atoms with Crippen LogP contribution in [-0.4, -0.2) is 16.5 Å². The molecule has 0 saturated carbocycles. The minimum absolute atomic E-state index is 0.389. The summed E-state index contributed by atoms with van der Waals surface area (Å²) < 4.78 is 6.08. The maximum atomic E-state index is 6.32. The van der Waals surface area contributed by atoms with Gasteiger partial charge in [0.05, 0.1) is 0 Å². The number of rotatable bonds is 18. The van der Waals surface area contributed by atoms with Gasteiger partial charge in [-0.3, -0.25) is 0 Å². The zero-order valence-corrected chi connectivity index (χ0v) is 21.6. The fourth-order valence-corrected chi connectivity index (χ4v) is 4.52. The van der Waals surface area contributed by atoms with Crippen molar-refractivity contribution in [3.63, 3.8) is 0 Å². The van der Waals surface area contributed by atoms with Crippen LogP contribution in [0.4, 0.5) is 11.5 Å². The van der Waals surface area contributed by atoms with Crippen molar-refractivity contribution in [2.75, 3.05) is 17.6 Å². The summed E-state index contributed by atoms with van der Waals surface area (Å²) in [4.78, 5) is 8.58. The number of nitrogens with zero attached hydrogens (tertiary/aromatic N) is 2. The Morgan fingerprint density at radius 2 is 1.31 bits per heavy atom. The molecule has 190 valence electrons. The second-order valence-electron chi connectivity index (χ2n) is 9.54. The van der Waals surface area contributed by atoms with E-state index < -0.39 is 0 Å². The summed E-state index contributed by atoms with van der Waals surface area (Å²) in [6.45, 7) is 3.14. The second kappa shape index (κ2) is 16.0. The Morgan fingerprint density at radius 1 is 0.714 bits per heavy atom. The Balaban J connectivity index is 1.28. The molecular weight excluding hydrogens is 432 g/mol. The first-order chi connectivity index (χ1) is 17.3. The van der Waals surface area contributed by atoms with Gasteiger partial charge in [-0.25, -0.2) is 4.98 Å². The van der Waals surface area contributed by atoms with Crippen LogP contribution in [0.25, 0.3) is 10.8 Å². The van der Waals surface area contributed by atoms with Crippen LogP contribution in [0.3, 0.4) is 0 Å². The molecule has 3 aromatic rings. The number of anilines is 2. The van der Waals surface area contributed by atoms with E-state index in [2.05, 4.69) is 34.3 Å². The molecule has 0 atom stereocenters. The van der Waals surface area contributed by atoms with Crippen LogP contribution in [0.1, 0.15) is 96.8 Å². The fraction of sp³-hybridized carbons (Fsp3) is 0.533. The van der Waals surface area contributed by atoms with Crippen LogP contribution < -0.4 is 15.8 Å². The van der Waals surface area contributed by atoms with Gasteiger partial charge >= 0.3 is 0 Å². The Morgan fingerprint density at radius 3 is 2.00 bits per heavy atom. The van der Waals surface area contributed by atoms with Crippen LogP contribution in [0.5, 0.6) is 11.6 Å². The number of ether oxygens (including phenoxy) is 1. The average Bonchev–Trinajstić information content (AvgIpc) is 2.88. The molecule has 1 aromatic heterocycles. The number of aromatic nitrogens is 2. The maximum absolute atomic E-state index is 6.32. The lowest BCUT2D eigenvalue weighted by molar-refractivity contribution is 0.470. The average molecular weight is 477 g/mol. The fourth-order valence-electron chi connectivity index (χ4n) is 4.52. The molecule has 0 aliphatic heterocycles. The second-order valence-corrected chi connectivity index (χ2v) is 9.54. The lowest BCUT2D eigenvalue weighted by atomic mass is 10.0. The third kappa shape index (κ3) is 9.39. The Labute approximate surface area is 211 Å². The molecule has 0 fully saturated rings. The SMILES string of the molecule is CCCCCCCCCCCCCCCCNc1ncnc(Oc2cccc3ccccc23)c1N. The van der Waals surface area contributed by atoms with Crippen molar-refractivity contribution >= 4 is 22.3 Å². The first kappa shape index (κ1) is 26.8. The third-order valence-corrected chi connectivity index (χ3v) is 6.63. The largest absolute Gasteiger partial charge is 0.436 e. The quantitative estimate of drug-likeness (QED) is 0.179. The van der Waals surface area contributed by atoms with Crippen molar-refractivity contribution in [1.29, 1.82) is 0 Å². The standard InChI is InChI=1S/C30H44N4O/c1-2-3-4-5-6-7-8-9-10-11-12-13-14-17-23-32-29-28(31)30(34-24-33-29)35-27-22-18-20-25-19-15-16-21-26(25)27/h15-16,18-22,24H,2-14,17,23,31H2,1H3,(H,32,33,34). The zero-order chi connectivity index (χ0) is 24.6. The summed E-state index contributed by atoms with van der Waals surface area (Å²) >= 11 is 0. The van der Waals surface area contributed by atoms with Crippen molar-refractivity contribution in [1.82, 2.24) is 9.97 Å². The van der Waals surface area contributed by atoms with Gasteiger partial charge in [-0.05, 0) is 17.9 Å². The van der Waals surface area contributed by atoms with Crippen molar-refractivity contribution < 1.29 is 4.74 Å². The smallest absolute Gasteiger partial charge is 0.248 e. The molecule has 5 heteroatoms. The normalized spacial score (nSPS) is 11.1. The molecular formula is C30H44N4O. The Hall–Kier alpha value is -2.82. The molecule has 0 aliphatic carbocycles. The minimum atomic E-state index is 0.389. The molecule has 0 aliphatic rings. The maximum Gasteiger partial charge on any atom is 0.248 e. The highest BCUT2D eigenvalue weighted by molar-refractivity contribution is 5.88. The zero-order valence-electron chi connectivity index (χ0n) is 21.6. The van der Waals surface area contributed by atoms with Gasteiger partial charge in [0.1, 0.15) is 17.8 Å².